The van der Waals surface area contributed by atoms with Gasteiger partial charge in [0.05, 0.1) is 6.61 Å². The Labute approximate surface area is 173 Å². The van der Waals surface area contributed by atoms with E-state index in [1.54, 1.807) is 12.1 Å². The maximum atomic E-state index is 13.5. The zero-order valence-corrected chi connectivity index (χ0v) is 16.8. The number of hydrogen-bond acceptors (Lipinski definition) is 4. The molecule has 0 aliphatic rings. The van der Waals surface area contributed by atoms with Gasteiger partial charge in [-0.2, -0.15) is 0 Å². The van der Waals surface area contributed by atoms with Crippen molar-refractivity contribution in [3.05, 3.63) is 90.2 Å². The fourth-order valence-electron chi connectivity index (χ4n) is 3.00. The fourth-order valence-corrected chi connectivity index (χ4v) is 3.90. The minimum atomic E-state index is -0.235. The van der Waals surface area contributed by atoms with E-state index in [0.29, 0.717) is 12.4 Å². The van der Waals surface area contributed by atoms with Crippen molar-refractivity contribution in [1.82, 2.24) is 14.8 Å². The summed E-state index contributed by atoms with van der Waals surface area (Å²) in [5.74, 6) is 1.94. The molecule has 0 unspecified atom stereocenters. The predicted molar refractivity (Wildman–Crippen MR) is 114 cm³/mol. The summed E-state index contributed by atoms with van der Waals surface area (Å²) in [6.45, 7) is 2.58. The van der Waals surface area contributed by atoms with Crippen LogP contribution in [0.3, 0.4) is 0 Å². The van der Waals surface area contributed by atoms with Gasteiger partial charge in [-0.1, -0.05) is 54.2 Å². The third-order valence-corrected chi connectivity index (χ3v) is 5.33. The molecule has 0 saturated carbocycles. The summed E-state index contributed by atoms with van der Waals surface area (Å²) in [5.41, 5.74) is 2.82. The monoisotopic (exact) mass is 405 g/mol. The smallest absolute Gasteiger partial charge is 0.196 e. The molecule has 0 N–H and O–H groups in total. The van der Waals surface area contributed by atoms with E-state index in [1.807, 2.05) is 72.2 Å². The largest absolute Gasteiger partial charge is 0.494 e. The fraction of sp³-hybridized carbons (Fsp3) is 0.130. The normalized spacial score (nSPS) is 10.8. The summed E-state index contributed by atoms with van der Waals surface area (Å²) < 4.78 is 21.1. The molecule has 0 bridgehead atoms. The first kappa shape index (κ1) is 19.2. The molecule has 146 valence electrons. The van der Waals surface area contributed by atoms with Gasteiger partial charge in [0.2, 0.25) is 0 Å². The average molecular weight is 405 g/mol. The quantitative estimate of drug-likeness (QED) is 0.366. The van der Waals surface area contributed by atoms with Gasteiger partial charge >= 0.3 is 0 Å². The Morgan fingerprint density at radius 2 is 1.72 bits per heavy atom. The van der Waals surface area contributed by atoms with Gasteiger partial charge in [0.1, 0.15) is 11.6 Å². The molecule has 0 spiro atoms. The van der Waals surface area contributed by atoms with Gasteiger partial charge in [-0.3, -0.25) is 4.57 Å². The Balaban J connectivity index is 1.70. The van der Waals surface area contributed by atoms with Crippen molar-refractivity contribution < 1.29 is 9.13 Å². The van der Waals surface area contributed by atoms with Crippen LogP contribution in [0.2, 0.25) is 0 Å². The molecule has 1 aromatic heterocycles. The highest BCUT2D eigenvalue weighted by Gasteiger charge is 2.16. The van der Waals surface area contributed by atoms with Gasteiger partial charge in [0.15, 0.2) is 11.0 Å². The van der Waals surface area contributed by atoms with E-state index in [-0.39, 0.29) is 5.82 Å². The van der Waals surface area contributed by atoms with Crippen molar-refractivity contribution in [1.29, 1.82) is 0 Å². The number of rotatable bonds is 7. The Kier molecular flexibility index (Phi) is 5.91. The van der Waals surface area contributed by atoms with Crippen LogP contribution in [0.5, 0.6) is 5.75 Å². The zero-order valence-electron chi connectivity index (χ0n) is 16.0. The molecule has 1 heterocycles. The van der Waals surface area contributed by atoms with Gasteiger partial charge in [-0.25, -0.2) is 4.39 Å². The highest BCUT2D eigenvalue weighted by Crippen LogP contribution is 2.30. The minimum absolute atomic E-state index is 0.235. The van der Waals surface area contributed by atoms with Gasteiger partial charge in [0.25, 0.3) is 0 Å². The molecule has 0 saturated heterocycles. The molecule has 0 aliphatic heterocycles. The van der Waals surface area contributed by atoms with Crippen molar-refractivity contribution >= 4 is 11.8 Å². The summed E-state index contributed by atoms with van der Waals surface area (Å²) in [6.07, 6.45) is 0. The number of halogens is 1. The van der Waals surface area contributed by atoms with E-state index in [9.17, 15) is 4.39 Å². The molecular formula is C23H20FN3OS. The van der Waals surface area contributed by atoms with Crippen molar-refractivity contribution in [2.24, 2.45) is 0 Å². The van der Waals surface area contributed by atoms with E-state index in [1.165, 1.54) is 17.8 Å². The van der Waals surface area contributed by atoms with Gasteiger partial charge in [0, 0.05) is 17.0 Å². The van der Waals surface area contributed by atoms with Crippen LogP contribution < -0.4 is 4.74 Å². The van der Waals surface area contributed by atoms with Crippen LogP contribution >= 0.6 is 11.8 Å². The van der Waals surface area contributed by atoms with Crippen LogP contribution in [0.25, 0.3) is 17.1 Å². The van der Waals surface area contributed by atoms with Crippen molar-refractivity contribution in [2.75, 3.05) is 6.61 Å². The molecule has 0 fully saturated rings. The Morgan fingerprint density at radius 3 is 2.45 bits per heavy atom. The Morgan fingerprint density at radius 1 is 0.931 bits per heavy atom. The van der Waals surface area contributed by atoms with Crippen LogP contribution in [0, 0.1) is 5.82 Å². The average Bonchev–Trinajstić information content (AvgIpc) is 3.18. The first-order valence-corrected chi connectivity index (χ1v) is 10.3. The number of ether oxygens (including phenoxy) is 1. The SMILES string of the molecule is CCOc1ccc(-n2c(SCc3cccc(F)c3)nnc2-c2ccccc2)cc1. The highest BCUT2D eigenvalue weighted by atomic mass is 32.2. The second-order valence-electron chi connectivity index (χ2n) is 6.35. The Hall–Kier alpha value is -3.12. The molecule has 0 aliphatic carbocycles. The van der Waals surface area contributed by atoms with E-state index in [4.69, 9.17) is 4.74 Å². The summed E-state index contributed by atoms with van der Waals surface area (Å²) in [5, 5.41) is 9.60. The van der Waals surface area contributed by atoms with Gasteiger partial charge in [-0.15, -0.1) is 10.2 Å². The minimum Gasteiger partial charge on any atom is -0.494 e. The molecule has 29 heavy (non-hydrogen) atoms. The first-order valence-electron chi connectivity index (χ1n) is 9.36. The van der Waals surface area contributed by atoms with Crippen molar-refractivity contribution in [3.8, 4) is 22.8 Å². The lowest BCUT2D eigenvalue weighted by Crippen LogP contribution is -2.00. The number of aromatic nitrogens is 3. The second-order valence-corrected chi connectivity index (χ2v) is 7.30. The third-order valence-electron chi connectivity index (χ3n) is 4.33. The zero-order chi connectivity index (χ0) is 20.1. The summed E-state index contributed by atoms with van der Waals surface area (Å²) in [7, 11) is 0. The lowest BCUT2D eigenvalue weighted by molar-refractivity contribution is 0.340. The highest BCUT2D eigenvalue weighted by molar-refractivity contribution is 7.98. The van der Waals surface area contributed by atoms with E-state index < -0.39 is 0 Å². The first-order chi connectivity index (χ1) is 14.2. The van der Waals surface area contributed by atoms with Gasteiger partial charge in [-0.05, 0) is 48.9 Å². The maximum absolute atomic E-state index is 13.5. The second kappa shape index (κ2) is 8.92. The number of thioether (sulfide) groups is 1. The van der Waals surface area contributed by atoms with Crippen LogP contribution in [0.1, 0.15) is 12.5 Å². The van der Waals surface area contributed by atoms with Crippen LogP contribution in [-0.2, 0) is 5.75 Å². The van der Waals surface area contributed by atoms with E-state index in [2.05, 4.69) is 10.2 Å². The van der Waals surface area contributed by atoms with Crippen LogP contribution in [-0.4, -0.2) is 21.4 Å². The number of benzene rings is 3. The molecule has 0 atom stereocenters. The molecule has 3 aromatic carbocycles. The third kappa shape index (κ3) is 4.49. The number of nitrogens with zero attached hydrogens (tertiary/aromatic N) is 3. The standard InChI is InChI=1S/C23H20FN3OS/c1-2-28-21-13-11-20(12-14-21)27-22(18-8-4-3-5-9-18)25-26-23(27)29-16-17-7-6-10-19(24)15-17/h3-15H,2,16H2,1H3. The summed E-state index contributed by atoms with van der Waals surface area (Å²) in [6, 6.07) is 24.4. The van der Waals surface area contributed by atoms with Crippen LogP contribution in [0.4, 0.5) is 4.39 Å². The molecule has 4 aromatic rings. The molecule has 4 rings (SSSR count). The topological polar surface area (TPSA) is 39.9 Å². The van der Waals surface area contributed by atoms with E-state index >= 15 is 0 Å². The lowest BCUT2D eigenvalue weighted by atomic mass is 10.2. The van der Waals surface area contributed by atoms with Crippen molar-refractivity contribution in [2.45, 2.75) is 17.8 Å². The molecular weight excluding hydrogens is 385 g/mol. The van der Waals surface area contributed by atoms with E-state index in [0.717, 1.165) is 33.5 Å². The summed E-state index contributed by atoms with van der Waals surface area (Å²) in [4.78, 5) is 0. The molecule has 6 heteroatoms. The predicted octanol–water partition coefficient (Wildman–Crippen LogP) is 5.76. The lowest BCUT2D eigenvalue weighted by Gasteiger charge is -2.11. The molecule has 0 amide bonds. The number of hydrogen-bond donors (Lipinski definition) is 0. The molecule has 0 radical (unpaired) electrons. The summed E-state index contributed by atoms with van der Waals surface area (Å²) >= 11 is 1.53. The maximum Gasteiger partial charge on any atom is 0.196 e. The Bertz CT molecular complexity index is 1080. The molecule has 4 nitrogen and oxygen atoms in total. The van der Waals surface area contributed by atoms with Crippen LogP contribution in [0.15, 0.2) is 84.0 Å². The van der Waals surface area contributed by atoms with Gasteiger partial charge < -0.3 is 4.74 Å². The van der Waals surface area contributed by atoms with Crippen molar-refractivity contribution in [3.63, 3.8) is 0 Å².